The molecule has 0 saturated carbocycles. The van der Waals surface area contributed by atoms with E-state index in [4.69, 9.17) is 89.6 Å². The third-order valence-electron chi connectivity index (χ3n) is 14.1. The first-order valence-electron chi connectivity index (χ1n) is 25.6. The van der Waals surface area contributed by atoms with Gasteiger partial charge in [0.15, 0.2) is 49.8 Å². The number of aliphatic carboxylic acids is 2. The Balaban J connectivity index is 1.60. The Morgan fingerprint density at radius 1 is 0.429 bits per heavy atom. The lowest BCUT2D eigenvalue weighted by molar-refractivity contribution is -0.392. The largest absolute Gasteiger partial charge is 0.479 e. The summed E-state index contributed by atoms with van der Waals surface area (Å²) in [6.45, 7) is -2.26. The van der Waals surface area contributed by atoms with Gasteiger partial charge in [-0.2, -0.15) is 51.0 Å². The number of carbonyl (C=O) groups is 2. The maximum absolute atomic E-state index is 13.4. The van der Waals surface area contributed by atoms with Crippen LogP contribution in [-0.4, -0.2) is 320 Å². The molecule has 0 spiro atoms. The van der Waals surface area contributed by atoms with E-state index in [2.05, 4.69) is 16.9 Å². The Bertz CT molecular complexity index is 2970. The SMILES string of the molecule is CCC1C(OOS(=O)O)[C@@H](OC)O[C@@H](COS(=O)(=O)O)[C@H]1O[C@@H]1OC(C(=O)O)[C@H](O[C@@H]2OC(COS(=O)(=O)O)[C@@H](O[C@@H]3O[C@@H](C(=O)O)[C@@H](O[C@H]4O[C@@H](COS(=O)(=O)O)[C@@H](OC)C(OC)C4OC)C(OC)C3OC)[C@H](OS(=O)(=O)O)C2NS(=O)(=O)O)[C@@H](OC)C1OC. The van der Waals surface area contributed by atoms with Gasteiger partial charge in [0.2, 0.25) is 0 Å². The van der Waals surface area contributed by atoms with E-state index >= 15 is 0 Å². The number of carboxylic acids is 2. The van der Waals surface area contributed by atoms with Crippen molar-refractivity contribution >= 4 is 75.2 Å². The van der Waals surface area contributed by atoms with Crippen LogP contribution >= 0.6 is 0 Å². The summed E-state index contributed by atoms with van der Waals surface area (Å²) < 4.78 is 315. The van der Waals surface area contributed by atoms with Gasteiger partial charge in [-0.25, -0.2) is 31.2 Å². The maximum Gasteiger partial charge on any atom is 0.397 e. The third-order valence-corrected chi connectivity index (χ3v) is 16.7. The number of carboxylic acid groups (broad SMARTS) is 2. The Morgan fingerprint density at radius 2 is 0.780 bits per heavy atom. The van der Waals surface area contributed by atoms with Crippen LogP contribution in [0.25, 0.3) is 0 Å². The van der Waals surface area contributed by atoms with Gasteiger partial charge >= 0.3 is 75.2 Å². The van der Waals surface area contributed by atoms with Crippen molar-refractivity contribution in [3.05, 3.63) is 0 Å². The third kappa shape index (κ3) is 21.6. The summed E-state index contributed by atoms with van der Waals surface area (Å²) in [4.78, 5) is 31.7. The summed E-state index contributed by atoms with van der Waals surface area (Å²) in [5.74, 6) is -5.24. The molecule has 5 rings (SSSR count). The molecule has 45 nitrogen and oxygen atoms in total. The first-order chi connectivity index (χ1) is 42.3. The number of hydrogen-bond donors (Lipinski definition) is 9. The zero-order chi connectivity index (χ0) is 68.5. The lowest BCUT2D eigenvalue weighted by atomic mass is 9.86. The molecule has 26 atom stereocenters. The van der Waals surface area contributed by atoms with Gasteiger partial charge < -0.3 is 90.7 Å². The molecule has 91 heavy (non-hydrogen) atoms. The van der Waals surface area contributed by atoms with Crippen LogP contribution in [0.1, 0.15) is 13.3 Å². The van der Waals surface area contributed by atoms with Crippen molar-refractivity contribution in [3.63, 3.8) is 0 Å². The lowest BCUT2D eigenvalue weighted by Crippen LogP contribution is -2.71. The fraction of sp³-hybridized carbons (Fsp3) is 0.950. The van der Waals surface area contributed by atoms with Gasteiger partial charge in [-0.15, -0.1) is 4.33 Å². The average molecular weight is 1460 g/mol. The molecule has 5 aliphatic heterocycles. The molecule has 11 unspecified atom stereocenters. The highest BCUT2D eigenvalue weighted by Crippen LogP contribution is 2.41. The van der Waals surface area contributed by atoms with Crippen LogP contribution in [0, 0.1) is 5.92 Å². The van der Waals surface area contributed by atoms with Crippen molar-refractivity contribution in [3.8, 4) is 0 Å². The molecule has 51 heteroatoms. The standard InChI is InChI=1S/C40H69NO44S6/c1-10-14-19(15(11-71-88(51,52)53)75-37(70-9)20(14)83-85-86(46)47)77-39-32(68-7)25(65-4)27(29(81-39)34(42)43)79-36-18(41-87(48,49)50)23(84-91(60,61)62)22(17(74-36)13-73-90(57,58)59)78-40-33(69-8)26(66-5)28(30(82-40)35(44)45)80-38-31(67-6)24(64-3)21(63-2)16(76-38)12-72-89(54,55)56/h14-33,36-41H,10-13H2,1-9H3,(H,42,43)(H,44,45)(H,46,47)(H,48,49,50)(H,51,52,53)(H,54,55,56)(H,57,58,59)(H,60,61,62)/t14?,15-,16-,17?,18?,19-,20?,21+,22+,23+,24?,25+,26?,27+,28-,29?,30+,31?,32?,33?,36-,37-,38+,39+,40+/m0/s1. The van der Waals surface area contributed by atoms with Crippen LogP contribution in [-0.2, 0) is 179 Å². The summed E-state index contributed by atoms with van der Waals surface area (Å²) >= 11 is -3.10. The molecule has 0 aromatic heterocycles. The summed E-state index contributed by atoms with van der Waals surface area (Å²) in [5, 5.41) is 21.5. The highest BCUT2D eigenvalue weighted by atomic mass is 32.3. The van der Waals surface area contributed by atoms with E-state index in [9.17, 15) is 93.4 Å². The number of hydrogen-bond acceptors (Lipinski definition) is 36. The minimum absolute atomic E-state index is 0.129. The van der Waals surface area contributed by atoms with E-state index in [1.165, 1.54) is 11.6 Å². The van der Waals surface area contributed by atoms with Gasteiger partial charge in [-0.05, 0) is 6.42 Å². The maximum atomic E-state index is 13.4. The van der Waals surface area contributed by atoms with Gasteiger partial charge in [-0.3, -0.25) is 27.3 Å². The van der Waals surface area contributed by atoms with Crippen molar-refractivity contribution < 1.29 is 200 Å². The van der Waals surface area contributed by atoms with Crippen molar-refractivity contribution in [2.45, 2.75) is 161 Å². The first kappa shape index (κ1) is 79.3. The number of ether oxygens (including phenoxy) is 17. The zero-order valence-electron chi connectivity index (χ0n) is 48.5. The molecule has 0 aliphatic carbocycles. The van der Waals surface area contributed by atoms with Crippen LogP contribution in [0.2, 0.25) is 0 Å². The molecule has 534 valence electrons. The second kappa shape index (κ2) is 33.7. The van der Waals surface area contributed by atoms with Crippen molar-refractivity contribution in [1.82, 2.24) is 4.72 Å². The van der Waals surface area contributed by atoms with E-state index in [-0.39, 0.29) is 6.42 Å². The molecule has 0 amide bonds. The molecule has 0 radical (unpaired) electrons. The fourth-order valence-corrected chi connectivity index (χ4v) is 12.8. The van der Waals surface area contributed by atoms with Crippen molar-refractivity contribution in [2.24, 2.45) is 5.92 Å². The fourth-order valence-electron chi connectivity index (χ4n) is 10.6. The minimum Gasteiger partial charge on any atom is -0.479 e. The van der Waals surface area contributed by atoms with E-state index in [0.29, 0.717) is 0 Å². The topological polar surface area (TPSA) is 608 Å². The van der Waals surface area contributed by atoms with Gasteiger partial charge in [0.1, 0.15) is 91.5 Å². The molecular weight excluding hydrogens is 1390 g/mol. The molecule has 0 aromatic rings. The normalized spacial score (nSPS) is 38.5. The van der Waals surface area contributed by atoms with Gasteiger partial charge in [0.05, 0.1) is 25.9 Å². The van der Waals surface area contributed by atoms with Crippen molar-refractivity contribution in [1.29, 1.82) is 0 Å². The van der Waals surface area contributed by atoms with Crippen LogP contribution in [0.3, 0.4) is 0 Å². The van der Waals surface area contributed by atoms with Gasteiger partial charge in [0.25, 0.3) is 0 Å². The number of nitrogens with one attached hydrogen (secondary N) is 1. The predicted octanol–water partition coefficient (Wildman–Crippen LogP) is -6.04. The van der Waals surface area contributed by atoms with Crippen LogP contribution < -0.4 is 4.72 Å². The first-order valence-corrected chi connectivity index (χ1v) is 33.5. The molecule has 0 aromatic carbocycles. The van der Waals surface area contributed by atoms with Gasteiger partial charge in [-0.1, -0.05) is 6.92 Å². The Morgan fingerprint density at radius 3 is 1.14 bits per heavy atom. The monoisotopic (exact) mass is 1460 g/mol. The molecule has 5 aliphatic rings. The second-order valence-corrected chi connectivity index (χ2v) is 25.4. The smallest absolute Gasteiger partial charge is 0.397 e. The number of methoxy groups -OCH3 is 8. The quantitative estimate of drug-likeness (QED) is 0.0123. The minimum atomic E-state index is -6.07. The Labute approximate surface area is 521 Å². The van der Waals surface area contributed by atoms with Gasteiger partial charge in [0, 0.05) is 62.8 Å². The lowest BCUT2D eigenvalue weighted by Gasteiger charge is -2.51. The van der Waals surface area contributed by atoms with Crippen LogP contribution in [0.15, 0.2) is 0 Å². The summed E-state index contributed by atoms with van der Waals surface area (Å²) in [5.41, 5.74) is 0. The summed E-state index contributed by atoms with van der Waals surface area (Å²) in [6, 6.07) is -2.80. The molecule has 0 bridgehead atoms. The second-order valence-electron chi connectivity index (χ2n) is 19.4. The molecule has 5 saturated heterocycles. The van der Waals surface area contributed by atoms with Crippen LogP contribution in [0.4, 0.5) is 0 Å². The molecular formula is C40H69NO44S6. The van der Waals surface area contributed by atoms with E-state index in [1.807, 2.05) is 0 Å². The Hall–Kier alpha value is -2.36. The van der Waals surface area contributed by atoms with Crippen LogP contribution in [0.5, 0.6) is 0 Å². The Kier molecular flexibility index (Phi) is 29.4. The van der Waals surface area contributed by atoms with Crippen molar-refractivity contribution in [2.75, 3.05) is 76.7 Å². The predicted molar refractivity (Wildman–Crippen MR) is 279 cm³/mol. The molecule has 5 heterocycles. The molecule has 9 N–H and O–H groups in total. The highest BCUT2D eigenvalue weighted by Gasteiger charge is 2.61. The average Bonchev–Trinajstić information content (AvgIpc) is 0.769. The zero-order valence-corrected chi connectivity index (χ0v) is 53.4. The molecule has 5 fully saturated rings. The summed E-state index contributed by atoms with van der Waals surface area (Å²) in [7, 11) is -19.8. The van der Waals surface area contributed by atoms with E-state index in [0.717, 1.165) is 56.9 Å². The highest BCUT2D eigenvalue weighted by molar-refractivity contribution is 7.83. The summed E-state index contributed by atoms with van der Waals surface area (Å²) in [6.07, 6.45) is -46.5. The van der Waals surface area contributed by atoms with E-state index in [1.54, 1.807) is 0 Å². The van der Waals surface area contributed by atoms with E-state index < -0.39 is 248 Å². The number of rotatable bonds is 35.